The Kier molecular flexibility index (Phi) is 6.19. The fourth-order valence-corrected chi connectivity index (χ4v) is 3.46. The highest BCUT2D eigenvalue weighted by molar-refractivity contribution is 6.01. The van der Waals surface area contributed by atoms with E-state index in [1.54, 1.807) is 24.0 Å². The van der Waals surface area contributed by atoms with E-state index in [9.17, 15) is 9.59 Å². The zero-order chi connectivity index (χ0) is 20.1. The number of rotatable bonds is 7. The molecule has 0 N–H and O–H groups in total. The highest BCUT2D eigenvalue weighted by Crippen LogP contribution is 2.33. The summed E-state index contributed by atoms with van der Waals surface area (Å²) in [5.41, 5.74) is 1.74. The highest BCUT2D eigenvalue weighted by atomic mass is 16.5. The van der Waals surface area contributed by atoms with Crippen LogP contribution in [0, 0.1) is 5.92 Å². The molecule has 3 rings (SSSR count). The summed E-state index contributed by atoms with van der Waals surface area (Å²) in [7, 11) is 3.39. The first kappa shape index (κ1) is 19.7. The van der Waals surface area contributed by atoms with E-state index >= 15 is 0 Å². The third-order valence-corrected chi connectivity index (χ3v) is 4.89. The van der Waals surface area contributed by atoms with E-state index < -0.39 is 0 Å². The predicted molar refractivity (Wildman–Crippen MR) is 108 cm³/mol. The molecule has 0 aliphatic carbocycles. The van der Waals surface area contributed by atoms with Gasteiger partial charge in [-0.1, -0.05) is 24.3 Å². The molecule has 1 saturated heterocycles. The molecule has 0 aromatic heterocycles. The normalized spacial score (nSPS) is 16.2. The van der Waals surface area contributed by atoms with Gasteiger partial charge in [-0.2, -0.15) is 0 Å². The van der Waals surface area contributed by atoms with Gasteiger partial charge in [0.05, 0.1) is 25.3 Å². The van der Waals surface area contributed by atoms with Crippen molar-refractivity contribution >= 4 is 17.5 Å². The second-order valence-corrected chi connectivity index (χ2v) is 6.85. The van der Waals surface area contributed by atoms with Gasteiger partial charge in [-0.05, 0) is 36.8 Å². The maximum atomic E-state index is 12.9. The molecule has 1 aliphatic rings. The number of nitrogens with zero attached hydrogens (tertiary/aromatic N) is 2. The first-order valence-electron chi connectivity index (χ1n) is 9.43. The number of benzene rings is 2. The number of ether oxygens (including phenoxy) is 2. The standard InChI is InChI=1S/C22H26N2O4/c1-4-28-20-8-6-5-7-19(20)24-15-17(13-21(24)25)22(26)23(2)14-16-9-11-18(27-3)12-10-16/h5-12,17H,4,13-15H2,1-3H3. The number of hydrogen-bond acceptors (Lipinski definition) is 4. The molecular weight excluding hydrogens is 356 g/mol. The summed E-state index contributed by atoms with van der Waals surface area (Å²) in [4.78, 5) is 28.8. The second-order valence-electron chi connectivity index (χ2n) is 6.85. The maximum absolute atomic E-state index is 12.9. The number of amides is 2. The summed E-state index contributed by atoms with van der Waals surface area (Å²) in [6.07, 6.45) is 0.215. The minimum atomic E-state index is -0.356. The number of hydrogen-bond donors (Lipinski definition) is 0. The average Bonchev–Trinajstić information content (AvgIpc) is 3.10. The molecule has 0 radical (unpaired) electrons. The smallest absolute Gasteiger partial charge is 0.228 e. The number of carbonyl (C=O) groups excluding carboxylic acids is 2. The Bertz CT molecular complexity index is 835. The van der Waals surface area contributed by atoms with Crippen LogP contribution in [0.15, 0.2) is 48.5 Å². The molecule has 1 fully saturated rings. The lowest BCUT2D eigenvalue weighted by atomic mass is 10.1. The lowest BCUT2D eigenvalue weighted by molar-refractivity contribution is -0.135. The summed E-state index contributed by atoms with van der Waals surface area (Å²) >= 11 is 0. The Morgan fingerprint density at radius 1 is 1.18 bits per heavy atom. The van der Waals surface area contributed by atoms with Gasteiger partial charge in [0.2, 0.25) is 11.8 Å². The first-order chi connectivity index (χ1) is 13.5. The Morgan fingerprint density at radius 3 is 2.57 bits per heavy atom. The van der Waals surface area contributed by atoms with Crippen LogP contribution in [0.25, 0.3) is 0 Å². The average molecular weight is 382 g/mol. The quantitative estimate of drug-likeness (QED) is 0.738. The fourth-order valence-electron chi connectivity index (χ4n) is 3.46. The van der Waals surface area contributed by atoms with Crippen LogP contribution in [0.1, 0.15) is 18.9 Å². The van der Waals surface area contributed by atoms with E-state index in [0.717, 1.165) is 17.0 Å². The summed E-state index contributed by atoms with van der Waals surface area (Å²) in [5.74, 6) is 1.01. The summed E-state index contributed by atoms with van der Waals surface area (Å²) in [6.45, 7) is 3.28. The van der Waals surface area contributed by atoms with Crippen molar-refractivity contribution in [2.45, 2.75) is 19.9 Å². The molecule has 2 aromatic carbocycles. The zero-order valence-corrected chi connectivity index (χ0v) is 16.6. The van der Waals surface area contributed by atoms with Gasteiger partial charge in [0.1, 0.15) is 11.5 Å². The van der Waals surface area contributed by atoms with E-state index in [1.165, 1.54) is 0 Å². The van der Waals surface area contributed by atoms with Crippen LogP contribution in [0.5, 0.6) is 11.5 Å². The van der Waals surface area contributed by atoms with E-state index in [-0.39, 0.29) is 24.2 Å². The van der Waals surface area contributed by atoms with Crippen molar-refractivity contribution in [1.82, 2.24) is 4.90 Å². The molecule has 0 spiro atoms. The van der Waals surface area contributed by atoms with Crippen LogP contribution in [0.2, 0.25) is 0 Å². The molecule has 1 atom stereocenters. The van der Waals surface area contributed by atoms with Gasteiger partial charge in [0.25, 0.3) is 0 Å². The number of methoxy groups -OCH3 is 1. The van der Waals surface area contributed by atoms with Gasteiger partial charge in [-0.15, -0.1) is 0 Å². The van der Waals surface area contributed by atoms with Crippen molar-refractivity contribution in [2.24, 2.45) is 5.92 Å². The summed E-state index contributed by atoms with van der Waals surface area (Å²) in [6, 6.07) is 15.1. The van der Waals surface area contributed by atoms with Crippen molar-refractivity contribution in [3.63, 3.8) is 0 Å². The maximum Gasteiger partial charge on any atom is 0.228 e. The molecule has 2 aromatic rings. The molecule has 0 saturated carbocycles. The van der Waals surface area contributed by atoms with Crippen molar-refractivity contribution in [2.75, 3.05) is 32.2 Å². The molecule has 28 heavy (non-hydrogen) atoms. The molecule has 6 heteroatoms. The van der Waals surface area contributed by atoms with Gasteiger partial charge in [-0.25, -0.2) is 0 Å². The van der Waals surface area contributed by atoms with E-state index in [4.69, 9.17) is 9.47 Å². The molecule has 2 amide bonds. The third kappa shape index (κ3) is 4.27. The molecule has 6 nitrogen and oxygen atoms in total. The fraction of sp³-hybridized carbons (Fsp3) is 0.364. The van der Waals surface area contributed by atoms with Crippen molar-refractivity contribution in [3.8, 4) is 11.5 Å². The summed E-state index contributed by atoms with van der Waals surface area (Å²) < 4.78 is 10.8. The van der Waals surface area contributed by atoms with E-state index in [0.29, 0.717) is 25.4 Å². The SMILES string of the molecule is CCOc1ccccc1N1CC(C(=O)N(C)Cc2ccc(OC)cc2)CC1=O. The molecule has 0 bridgehead atoms. The van der Waals surface area contributed by atoms with Gasteiger partial charge < -0.3 is 19.3 Å². The lowest BCUT2D eigenvalue weighted by Gasteiger charge is -2.22. The van der Waals surface area contributed by atoms with Crippen molar-refractivity contribution in [1.29, 1.82) is 0 Å². The highest BCUT2D eigenvalue weighted by Gasteiger charge is 2.37. The van der Waals surface area contributed by atoms with Gasteiger partial charge in [0.15, 0.2) is 0 Å². The second kappa shape index (κ2) is 8.78. The van der Waals surface area contributed by atoms with E-state index in [2.05, 4.69) is 0 Å². The molecule has 1 aliphatic heterocycles. The third-order valence-electron chi connectivity index (χ3n) is 4.89. The number of anilines is 1. The predicted octanol–water partition coefficient (Wildman–Crippen LogP) is 3.11. The van der Waals surface area contributed by atoms with Crippen LogP contribution in [-0.4, -0.2) is 44.0 Å². The lowest BCUT2D eigenvalue weighted by Crippen LogP contribution is -2.34. The monoisotopic (exact) mass is 382 g/mol. The van der Waals surface area contributed by atoms with Crippen LogP contribution in [0.4, 0.5) is 5.69 Å². The first-order valence-corrected chi connectivity index (χ1v) is 9.43. The van der Waals surface area contributed by atoms with Crippen molar-refractivity contribution < 1.29 is 19.1 Å². The Labute approximate surface area is 165 Å². The van der Waals surface area contributed by atoms with Crippen LogP contribution in [-0.2, 0) is 16.1 Å². The summed E-state index contributed by atoms with van der Waals surface area (Å²) in [5, 5.41) is 0. The van der Waals surface area contributed by atoms with Crippen molar-refractivity contribution in [3.05, 3.63) is 54.1 Å². The Morgan fingerprint density at radius 2 is 1.89 bits per heavy atom. The Balaban J connectivity index is 1.67. The van der Waals surface area contributed by atoms with Gasteiger partial charge >= 0.3 is 0 Å². The van der Waals surface area contributed by atoms with Crippen LogP contribution in [0.3, 0.4) is 0 Å². The molecule has 148 valence electrons. The van der Waals surface area contributed by atoms with Crippen LogP contribution >= 0.6 is 0 Å². The number of para-hydroxylation sites is 2. The number of carbonyl (C=O) groups is 2. The van der Waals surface area contributed by atoms with Gasteiger partial charge in [-0.3, -0.25) is 9.59 Å². The van der Waals surface area contributed by atoms with E-state index in [1.807, 2.05) is 55.5 Å². The topological polar surface area (TPSA) is 59.1 Å². The minimum Gasteiger partial charge on any atom is -0.497 e. The van der Waals surface area contributed by atoms with Gasteiger partial charge in [0, 0.05) is 26.6 Å². The largest absolute Gasteiger partial charge is 0.497 e. The van der Waals surface area contributed by atoms with Crippen LogP contribution < -0.4 is 14.4 Å². The minimum absolute atomic E-state index is 0.0273. The molecule has 1 heterocycles. The molecular formula is C22H26N2O4. The Hall–Kier alpha value is -3.02. The molecule has 1 unspecified atom stereocenters. The zero-order valence-electron chi connectivity index (χ0n) is 16.6.